The quantitative estimate of drug-likeness (QED) is 0.0205. The Balaban J connectivity index is 5.49. The van der Waals surface area contributed by atoms with E-state index in [1.54, 1.807) is 0 Å². The van der Waals surface area contributed by atoms with Crippen LogP contribution in [0.5, 0.6) is 0 Å². The fourth-order valence-corrected chi connectivity index (χ4v) is 8.33. The lowest BCUT2D eigenvalue weighted by Crippen LogP contribution is -2.47. The molecular weight excluding hydrogens is 868 g/mol. The molecule has 2 N–H and O–H groups in total. The second-order valence-electron chi connectivity index (χ2n) is 19.7. The van der Waals surface area contributed by atoms with Crippen LogP contribution in [-0.4, -0.2) is 74.3 Å². The van der Waals surface area contributed by atoms with Crippen LogP contribution in [0.3, 0.4) is 0 Å². The van der Waals surface area contributed by atoms with Gasteiger partial charge < -0.3 is 19.4 Å². The molecule has 394 valence electrons. The molecular formula is C58H106N2O7P+. The van der Waals surface area contributed by atoms with Crippen molar-refractivity contribution in [2.45, 2.75) is 245 Å². The number of unbranched alkanes of at least 4 members (excludes halogenated alkanes) is 23. The Morgan fingerprint density at radius 1 is 0.529 bits per heavy atom. The van der Waals surface area contributed by atoms with Gasteiger partial charge in [-0.3, -0.25) is 18.6 Å². The number of nitrogens with zero attached hydrogens (tertiary/aromatic N) is 1. The highest BCUT2D eigenvalue weighted by Crippen LogP contribution is 2.43. The summed E-state index contributed by atoms with van der Waals surface area (Å²) < 4.78 is 30.5. The molecule has 0 aliphatic heterocycles. The lowest BCUT2D eigenvalue weighted by Gasteiger charge is -2.27. The zero-order chi connectivity index (χ0) is 50.1. The van der Waals surface area contributed by atoms with Gasteiger partial charge in [0.05, 0.1) is 33.8 Å². The summed E-state index contributed by atoms with van der Waals surface area (Å²) in [6.45, 7) is 6.83. The van der Waals surface area contributed by atoms with Crippen LogP contribution < -0.4 is 5.32 Å². The predicted molar refractivity (Wildman–Crippen MR) is 291 cm³/mol. The Morgan fingerprint density at radius 3 is 1.44 bits per heavy atom. The first-order chi connectivity index (χ1) is 32.9. The molecule has 0 aromatic rings. The molecule has 0 aliphatic carbocycles. The summed E-state index contributed by atoms with van der Waals surface area (Å²) in [6.07, 6.45) is 60.5. The minimum atomic E-state index is -4.46. The number of carbonyl (C=O) groups is 2. The van der Waals surface area contributed by atoms with Gasteiger partial charge in [-0.15, -0.1) is 0 Å². The average Bonchev–Trinajstić information content (AvgIpc) is 3.29. The highest BCUT2D eigenvalue weighted by Gasteiger charge is 2.30. The topological polar surface area (TPSA) is 111 Å². The molecule has 0 saturated carbocycles. The molecule has 0 radical (unpaired) electrons. The van der Waals surface area contributed by atoms with Gasteiger partial charge in [0, 0.05) is 12.8 Å². The average molecular weight is 974 g/mol. The molecule has 9 nitrogen and oxygen atoms in total. The van der Waals surface area contributed by atoms with Crippen LogP contribution >= 0.6 is 7.82 Å². The van der Waals surface area contributed by atoms with E-state index in [9.17, 15) is 19.0 Å². The van der Waals surface area contributed by atoms with E-state index in [4.69, 9.17) is 13.8 Å². The van der Waals surface area contributed by atoms with Gasteiger partial charge in [0.25, 0.3) is 0 Å². The summed E-state index contributed by atoms with van der Waals surface area (Å²) >= 11 is 0. The Hall–Kier alpha value is -2.55. The minimum Gasteiger partial charge on any atom is -0.456 e. The molecule has 0 aromatic heterocycles. The fraction of sp³-hybridized carbons (Fsp3) is 0.759. The van der Waals surface area contributed by atoms with E-state index in [0.717, 1.165) is 96.3 Å². The summed E-state index contributed by atoms with van der Waals surface area (Å²) in [5.41, 5.74) is 0. The van der Waals surface area contributed by atoms with Crippen molar-refractivity contribution >= 4 is 19.7 Å². The lowest BCUT2D eigenvalue weighted by molar-refractivity contribution is -0.870. The Bertz CT molecular complexity index is 1400. The van der Waals surface area contributed by atoms with Gasteiger partial charge in [-0.25, -0.2) is 4.57 Å². The Morgan fingerprint density at radius 2 is 0.956 bits per heavy atom. The van der Waals surface area contributed by atoms with Crippen molar-refractivity contribution < 1.29 is 37.3 Å². The van der Waals surface area contributed by atoms with Crippen LogP contribution in [0.1, 0.15) is 233 Å². The third-order valence-corrected chi connectivity index (χ3v) is 12.9. The van der Waals surface area contributed by atoms with Gasteiger partial charge in [0.15, 0.2) is 0 Å². The van der Waals surface area contributed by atoms with Crippen molar-refractivity contribution in [3.63, 3.8) is 0 Å². The first-order valence-corrected chi connectivity index (χ1v) is 29.3. The highest BCUT2D eigenvalue weighted by atomic mass is 31.2. The first kappa shape index (κ1) is 65.5. The molecule has 0 aromatic carbocycles. The summed E-state index contributed by atoms with van der Waals surface area (Å²) in [5, 5.41) is 3.02. The number of nitrogens with one attached hydrogen (secondary N) is 1. The van der Waals surface area contributed by atoms with Gasteiger partial charge in [-0.1, -0.05) is 210 Å². The summed E-state index contributed by atoms with van der Waals surface area (Å²) in [7, 11) is 1.45. The van der Waals surface area contributed by atoms with Crippen LogP contribution in [0.25, 0.3) is 0 Å². The van der Waals surface area contributed by atoms with Crippen LogP contribution in [0, 0.1) is 0 Å². The van der Waals surface area contributed by atoms with E-state index >= 15 is 0 Å². The minimum absolute atomic E-state index is 0.0275. The maximum atomic E-state index is 13.5. The molecule has 0 fully saturated rings. The zero-order valence-electron chi connectivity index (χ0n) is 44.8. The highest BCUT2D eigenvalue weighted by molar-refractivity contribution is 7.47. The predicted octanol–water partition coefficient (Wildman–Crippen LogP) is 16.5. The molecule has 0 heterocycles. The van der Waals surface area contributed by atoms with Crippen molar-refractivity contribution in [2.75, 3.05) is 40.9 Å². The van der Waals surface area contributed by atoms with E-state index in [-0.39, 0.29) is 25.5 Å². The molecule has 0 spiro atoms. The van der Waals surface area contributed by atoms with Crippen molar-refractivity contribution in [1.29, 1.82) is 0 Å². The summed E-state index contributed by atoms with van der Waals surface area (Å²) in [4.78, 5) is 37.5. The number of esters is 1. The van der Waals surface area contributed by atoms with Gasteiger partial charge in [-0.2, -0.15) is 0 Å². The van der Waals surface area contributed by atoms with E-state index in [1.165, 1.54) is 96.3 Å². The van der Waals surface area contributed by atoms with E-state index in [1.807, 2.05) is 39.4 Å². The molecule has 3 atom stereocenters. The van der Waals surface area contributed by atoms with Crippen molar-refractivity contribution in [2.24, 2.45) is 0 Å². The van der Waals surface area contributed by atoms with Crippen molar-refractivity contribution in [1.82, 2.24) is 5.32 Å². The Labute approximate surface area is 419 Å². The number of likely N-dealkylation sites (N-methyl/N-ethyl adjacent to an activating group) is 1. The number of carbonyl (C=O) groups excluding carboxylic acids is 2. The van der Waals surface area contributed by atoms with Gasteiger partial charge in [-0.05, 0) is 83.1 Å². The number of ether oxygens (including phenoxy) is 1. The van der Waals surface area contributed by atoms with Crippen molar-refractivity contribution in [3.05, 3.63) is 72.9 Å². The number of rotatable bonds is 49. The number of phosphoric acid groups is 1. The molecule has 3 unspecified atom stereocenters. The third-order valence-electron chi connectivity index (χ3n) is 11.9. The largest absolute Gasteiger partial charge is 0.472 e. The number of phosphoric ester groups is 1. The van der Waals surface area contributed by atoms with Crippen LogP contribution in [0.2, 0.25) is 0 Å². The molecule has 0 saturated heterocycles. The molecule has 0 aliphatic rings. The van der Waals surface area contributed by atoms with Gasteiger partial charge in [0.2, 0.25) is 5.91 Å². The number of quaternary nitrogens is 1. The third kappa shape index (κ3) is 48.5. The number of amides is 1. The maximum Gasteiger partial charge on any atom is 0.472 e. The smallest absolute Gasteiger partial charge is 0.456 e. The van der Waals surface area contributed by atoms with Gasteiger partial charge >= 0.3 is 13.8 Å². The molecule has 10 heteroatoms. The molecule has 68 heavy (non-hydrogen) atoms. The molecule has 0 rings (SSSR count). The van der Waals surface area contributed by atoms with Crippen LogP contribution in [-0.2, 0) is 27.9 Å². The van der Waals surface area contributed by atoms with Crippen molar-refractivity contribution in [3.8, 4) is 0 Å². The number of hydrogen-bond donors (Lipinski definition) is 2. The van der Waals surface area contributed by atoms with E-state index < -0.39 is 25.9 Å². The lowest BCUT2D eigenvalue weighted by atomic mass is 10.0. The number of allylic oxidation sites excluding steroid dienone is 11. The summed E-state index contributed by atoms with van der Waals surface area (Å²) in [5.74, 6) is -0.601. The molecule has 0 bridgehead atoms. The second kappa shape index (κ2) is 48.1. The number of hydrogen-bond acceptors (Lipinski definition) is 6. The zero-order valence-corrected chi connectivity index (χ0v) is 45.7. The standard InChI is InChI=1S/C58H105N2O7P/c1-7-10-13-16-19-22-25-28-29-30-33-35-38-41-44-47-50-57(61)59-55(54-66-68(63,64)65-53-52-60(4,5)6)56(49-46-43-40-37-34-31-26-23-20-17-14-11-8-2)67-58(62)51-48-45-42-39-36-32-27-24-21-18-15-12-9-3/h10,13,19,22,28-29,32,36,42,45-46,49,55-56H,7-9,11-12,14-18,20-21,23-27,30-31,33-35,37-41,43-44,47-48,50-54H2,1-6H3,(H-,59,61,63,64)/p+1/b13-10+,22-19+,29-28+,36-32-,45-42+,49-46+. The monoisotopic (exact) mass is 974 g/mol. The van der Waals surface area contributed by atoms with E-state index in [0.29, 0.717) is 23.9 Å². The van der Waals surface area contributed by atoms with Gasteiger partial charge in [0.1, 0.15) is 19.3 Å². The normalized spacial score (nSPS) is 14.4. The SMILES string of the molecule is CC/C=C/C/C=C/C/C=C/CCCCCCCCC(=O)NC(COP(=O)(O)OCC[N+](C)(C)C)C(/C=C/CCCCCCCCCCCCC)OC(=O)CC/C=C/C/C=C\CCCCCCCC. The Kier molecular flexibility index (Phi) is 46.3. The summed E-state index contributed by atoms with van der Waals surface area (Å²) in [6, 6.07) is -0.878. The van der Waals surface area contributed by atoms with Crippen LogP contribution in [0.15, 0.2) is 72.9 Å². The molecule has 1 amide bonds. The van der Waals surface area contributed by atoms with E-state index in [2.05, 4.69) is 80.8 Å². The first-order valence-electron chi connectivity index (χ1n) is 27.8. The fourth-order valence-electron chi connectivity index (χ4n) is 7.59. The maximum absolute atomic E-state index is 13.5. The van der Waals surface area contributed by atoms with Crippen LogP contribution in [0.4, 0.5) is 0 Å². The second-order valence-corrected chi connectivity index (χ2v) is 21.2.